The molecule has 1 amide bonds. The Bertz CT molecular complexity index is 628. The van der Waals surface area contributed by atoms with E-state index in [-0.39, 0.29) is 11.7 Å². The summed E-state index contributed by atoms with van der Waals surface area (Å²) in [5.41, 5.74) is 1.06. The highest BCUT2D eigenvalue weighted by molar-refractivity contribution is 9.10. The van der Waals surface area contributed by atoms with Crippen LogP contribution in [-0.2, 0) is 11.2 Å². The zero-order valence-electron chi connectivity index (χ0n) is 12.9. The predicted molar refractivity (Wildman–Crippen MR) is 92.0 cm³/mol. The molecule has 0 aliphatic carbocycles. The van der Waals surface area contributed by atoms with Gasteiger partial charge in [0.05, 0.1) is 0 Å². The van der Waals surface area contributed by atoms with Crippen LogP contribution in [0.4, 0.5) is 4.39 Å². The molecule has 0 radical (unpaired) electrons. The molecular weight excluding hydrogens is 361 g/mol. The minimum atomic E-state index is -0.554. The van der Waals surface area contributed by atoms with E-state index < -0.39 is 6.10 Å². The number of hydrogen-bond acceptors (Lipinski definition) is 2. The highest BCUT2D eigenvalue weighted by Gasteiger charge is 2.13. The lowest BCUT2D eigenvalue weighted by Crippen LogP contribution is -2.36. The van der Waals surface area contributed by atoms with Crippen molar-refractivity contribution < 1.29 is 13.9 Å². The topological polar surface area (TPSA) is 38.3 Å². The van der Waals surface area contributed by atoms with E-state index in [2.05, 4.69) is 21.2 Å². The second kappa shape index (κ2) is 8.67. The van der Waals surface area contributed by atoms with Crippen LogP contribution < -0.4 is 10.1 Å². The van der Waals surface area contributed by atoms with Gasteiger partial charge >= 0.3 is 0 Å². The predicted octanol–water partition coefficient (Wildman–Crippen LogP) is 4.10. The number of halogens is 2. The van der Waals surface area contributed by atoms with E-state index >= 15 is 0 Å². The molecule has 122 valence electrons. The van der Waals surface area contributed by atoms with E-state index in [0.29, 0.717) is 12.3 Å². The van der Waals surface area contributed by atoms with Gasteiger partial charge in [-0.1, -0.05) is 28.1 Å². The summed E-state index contributed by atoms with van der Waals surface area (Å²) in [6.45, 7) is 2.28. The summed E-state index contributed by atoms with van der Waals surface area (Å²) >= 11 is 3.35. The van der Waals surface area contributed by atoms with Crippen LogP contribution in [0.5, 0.6) is 5.75 Å². The summed E-state index contributed by atoms with van der Waals surface area (Å²) in [5.74, 6) is 0.273. The van der Waals surface area contributed by atoms with Gasteiger partial charge in [-0.25, -0.2) is 4.39 Å². The van der Waals surface area contributed by atoms with Crippen molar-refractivity contribution in [1.29, 1.82) is 0 Å². The van der Waals surface area contributed by atoms with Crippen molar-refractivity contribution in [2.24, 2.45) is 0 Å². The summed E-state index contributed by atoms with van der Waals surface area (Å²) in [6, 6.07) is 13.8. The number of amides is 1. The number of aryl methyl sites for hydroxylation is 1. The van der Waals surface area contributed by atoms with Crippen molar-refractivity contribution in [1.82, 2.24) is 5.32 Å². The largest absolute Gasteiger partial charge is 0.481 e. The van der Waals surface area contributed by atoms with Crippen LogP contribution in [0.2, 0.25) is 0 Å². The Morgan fingerprint density at radius 1 is 1.17 bits per heavy atom. The molecule has 0 aliphatic rings. The van der Waals surface area contributed by atoms with E-state index in [1.165, 1.54) is 12.1 Å². The Hall–Kier alpha value is -1.88. The molecule has 0 bridgehead atoms. The summed E-state index contributed by atoms with van der Waals surface area (Å²) in [6.07, 6.45) is 1.03. The van der Waals surface area contributed by atoms with Gasteiger partial charge < -0.3 is 10.1 Å². The first kappa shape index (κ1) is 17.5. The molecule has 0 spiro atoms. The van der Waals surface area contributed by atoms with Gasteiger partial charge in [-0.3, -0.25) is 4.79 Å². The van der Waals surface area contributed by atoms with Gasteiger partial charge in [-0.15, -0.1) is 0 Å². The smallest absolute Gasteiger partial charge is 0.260 e. The third-order valence-electron chi connectivity index (χ3n) is 3.35. The fourth-order valence-corrected chi connectivity index (χ4v) is 2.33. The first-order chi connectivity index (χ1) is 11.0. The van der Waals surface area contributed by atoms with Crippen LogP contribution in [0.15, 0.2) is 53.0 Å². The SMILES string of the molecule is C[C@@H](Oc1ccc(Br)cc1)C(=O)NCCCc1ccc(F)cc1. The zero-order chi connectivity index (χ0) is 16.7. The van der Waals surface area contributed by atoms with Crippen molar-refractivity contribution >= 4 is 21.8 Å². The fraction of sp³-hybridized carbons (Fsp3) is 0.278. The number of carbonyl (C=O) groups excluding carboxylic acids is 1. The summed E-state index contributed by atoms with van der Waals surface area (Å²) in [7, 11) is 0. The average Bonchev–Trinajstić information content (AvgIpc) is 2.55. The maximum absolute atomic E-state index is 12.8. The lowest BCUT2D eigenvalue weighted by atomic mass is 10.1. The molecule has 2 aromatic carbocycles. The van der Waals surface area contributed by atoms with E-state index in [9.17, 15) is 9.18 Å². The second-order valence-corrected chi connectivity index (χ2v) is 6.15. The molecule has 23 heavy (non-hydrogen) atoms. The Morgan fingerprint density at radius 3 is 2.48 bits per heavy atom. The van der Waals surface area contributed by atoms with Gasteiger partial charge in [-0.2, -0.15) is 0 Å². The van der Waals surface area contributed by atoms with E-state index in [1.807, 2.05) is 24.3 Å². The number of nitrogens with one attached hydrogen (secondary N) is 1. The van der Waals surface area contributed by atoms with Gasteiger partial charge in [0.1, 0.15) is 11.6 Å². The zero-order valence-corrected chi connectivity index (χ0v) is 14.5. The Morgan fingerprint density at radius 2 is 1.83 bits per heavy atom. The molecule has 0 fully saturated rings. The Balaban J connectivity index is 1.69. The number of rotatable bonds is 7. The molecule has 0 saturated heterocycles. The van der Waals surface area contributed by atoms with Crippen LogP contribution in [0, 0.1) is 5.82 Å². The molecule has 0 aromatic heterocycles. The minimum Gasteiger partial charge on any atom is -0.481 e. The van der Waals surface area contributed by atoms with E-state index in [4.69, 9.17) is 4.74 Å². The van der Waals surface area contributed by atoms with Crippen LogP contribution in [-0.4, -0.2) is 18.6 Å². The molecule has 1 N–H and O–H groups in total. The number of carbonyl (C=O) groups is 1. The van der Waals surface area contributed by atoms with Crippen LogP contribution >= 0.6 is 15.9 Å². The van der Waals surface area contributed by atoms with Gasteiger partial charge in [0.2, 0.25) is 0 Å². The third kappa shape index (κ3) is 6.02. The lowest BCUT2D eigenvalue weighted by Gasteiger charge is -2.14. The summed E-state index contributed by atoms with van der Waals surface area (Å²) < 4.78 is 19.3. The molecular formula is C18H19BrFNO2. The third-order valence-corrected chi connectivity index (χ3v) is 3.88. The van der Waals surface area contributed by atoms with Gasteiger partial charge in [0, 0.05) is 11.0 Å². The van der Waals surface area contributed by atoms with Crippen LogP contribution in [0.25, 0.3) is 0 Å². The van der Waals surface area contributed by atoms with E-state index in [1.54, 1.807) is 19.1 Å². The Kier molecular flexibility index (Phi) is 6.59. The molecule has 2 aromatic rings. The van der Waals surface area contributed by atoms with Crippen molar-refractivity contribution in [3.63, 3.8) is 0 Å². The van der Waals surface area contributed by atoms with Gasteiger partial charge in [0.15, 0.2) is 6.10 Å². The molecule has 3 nitrogen and oxygen atoms in total. The van der Waals surface area contributed by atoms with Crippen LogP contribution in [0.3, 0.4) is 0 Å². The molecule has 5 heteroatoms. The number of benzene rings is 2. The maximum Gasteiger partial charge on any atom is 0.260 e. The van der Waals surface area contributed by atoms with E-state index in [0.717, 1.165) is 22.9 Å². The first-order valence-electron chi connectivity index (χ1n) is 7.49. The average molecular weight is 380 g/mol. The quantitative estimate of drug-likeness (QED) is 0.735. The molecule has 0 heterocycles. The minimum absolute atomic E-state index is 0.146. The van der Waals surface area contributed by atoms with Crippen molar-refractivity contribution in [3.8, 4) is 5.75 Å². The normalized spacial score (nSPS) is 11.8. The maximum atomic E-state index is 12.8. The standard InChI is InChI=1S/C18H19BrFNO2/c1-13(23-17-10-6-15(19)7-11-17)18(22)21-12-2-3-14-4-8-16(20)9-5-14/h4-11,13H,2-3,12H2,1H3,(H,21,22)/t13-/m1/s1. The van der Waals surface area contributed by atoms with Gasteiger partial charge in [-0.05, 0) is 61.7 Å². The number of hydrogen-bond donors (Lipinski definition) is 1. The molecule has 0 unspecified atom stereocenters. The summed E-state index contributed by atoms with van der Waals surface area (Å²) in [5, 5.41) is 2.85. The lowest BCUT2D eigenvalue weighted by molar-refractivity contribution is -0.127. The fourth-order valence-electron chi connectivity index (χ4n) is 2.07. The number of ether oxygens (including phenoxy) is 1. The molecule has 2 rings (SSSR count). The van der Waals surface area contributed by atoms with Crippen molar-refractivity contribution in [2.45, 2.75) is 25.9 Å². The molecule has 0 saturated carbocycles. The highest BCUT2D eigenvalue weighted by Crippen LogP contribution is 2.17. The first-order valence-corrected chi connectivity index (χ1v) is 8.28. The van der Waals surface area contributed by atoms with Crippen LogP contribution in [0.1, 0.15) is 18.9 Å². The van der Waals surface area contributed by atoms with Crippen molar-refractivity contribution in [3.05, 3.63) is 64.4 Å². The molecule has 1 atom stereocenters. The monoisotopic (exact) mass is 379 g/mol. The highest BCUT2D eigenvalue weighted by atomic mass is 79.9. The molecule has 0 aliphatic heterocycles. The van der Waals surface area contributed by atoms with Gasteiger partial charge in [0.25, 0.3) is 5.91 Å². The summed E-state index contributed by atoms with van der Waals surface area (Å²) in [4.78, 5) is 12.0. The Labute approximate surface area is 144 Å². The van der Waals surface area contributed by atoms with Crippen molar-refractivity contribution in [2.75, 3.05) is 6.54 Å². The second-order valence-electron chi connectivity index (χ2n) is 5.24.